The number of hydrogen-bond acceptors (Lipinski definition) is 4. The molecule has 1 N–H and O–H groups in total. The number of hydrogen-bond donors (Lipinski definition) is 1. The number of imidazole rings is 1. The van der Waals surface area contributed by atoms with E-state index in [-0.39, 0.29) is 11.9 Å². The summed E-state index contributed by atoms with van der Waals surface area (Å²) < 4.78 is 5.71. The number of furan rings is 1. The Hall–Kier alpha value is -2.60. The van der Waals surface area contributed by atoms with Crippen molar-refractivity contribution in [2.24, 2.45) is 0 Å². The molecule has 0 unspecified atom stereocenters. The number of amides is 1. The number of para-hydroxylation sites is 1. The van der Waals surface area contributed by atoms with Crippen molar-refractivity contribution in [1.29, 1.82) is 0 Å². The highest BCUT2D eigenvalue weighted by molar-refractivity contribution is 5.96. The number of rotatable bonds is 2. The van der Waals surface area contributed by atoms with Crippen molar-refractivity contribution in [1.82, 2.24) is 19.8 Å². The van der Waals surface area contributed by atoms with Crippen molar-refractivity contribution < 1.29 is 9.21 Å². The second-order valence-corrected chi connectivity index (χ2v) is 5.87. The number of aromatic nitrogens is 2. The predicted octanol–water partition coefficient (Wildman–Crippen LogP) is 2.28. The molecule has 0 spiro atoms. The summed E-state index contributed by atoms with van der Waals surface area (Å²) in [5, 5.41) is 0.951. The van der Waals surface area contributed by atoms with Crippen LogP contribution in [0, 0.1) is 0 Å². The van der Waals surface area contributed by atoms with E-state index in [4.69, 9.17) is 4.42 Å². The first-order valence-electron chi connectivity index (χ1n) is 7.70. The number of nitrogens with zero attached hydrogens (tertiary/aromatic N) is 3. The number of benzene rings is 1. The molecule has 0 radical (unpaired) electrons. The Morgan fingerprint density at radius 2 is 2.22 bits per heavy atom. The van der Waals surface area contributed by atoms with Crippen LogP contribution in [0.3, 0.4) is 0 Å². The Bertz CT molecular complexity index is 791. The molecule has 1 atom stereocenters. The van der Waals surface area contributed by atoms with Crippen molar-refractivity contribution in [3.63, 3.8) is 0 Å². The summed E-state index contributed by atoms with van der Waals surface area (Å²) in [6, 6.07) is 9.56. The molecule has 1 amide bonds. The maximum Gasteiger partial charge on any atom is 0.289 e. The summed E-state index contributed by atoms with van der Waals surface area (Å²) in [5.74, 6) is 1.22. The molecule has 4 rings (SSSR count). The van der Waals surface area contributed by atoms with Gasteiger partial charge in [0.05, 0.1) is 6.04 Å². The van der Waals surface area contributed by atoms with Crippen molar-refractivity contribution in [2.75, 3.05) is 26.7 Å². The highest BCUT2D eigenvalue weighted by Gasteiger charge is 2.31. The van der Waals surface area contributed by atoms with Gasteiger partial charge in [0.25, 0.3) is 5.91 Å². The Labute approximate surface area is 133 Å². The first-order valence-corrected chi connectivity index (χ1v) is 7.70. The van der Waals surface area contributed by atoms with Gasteiger partial charge in [0.2, 0.25) is 0 Å². The minimum absolute atomic E-state index is 0.0640. The van der Waals surface area contributed by atoms with Crippen LogP contribution in [0.15, 0.2) is 47.1 Å². The molecule has 1 aliphatic heterocycles. The normalized spacial score (nSPS) is 19.3. The van der Waals surface area contributed by atoms with Crippen LogP contribution < -0.4 is 0 Å². The maximum absolute atomic E-state index is 12.8. The van der Waals surface area contributed by atoms with E-state index in [0.717, 1.165) is 23.3 Å². The summed E-state index contributed by atoms with van der Waals surface area (Å²) in [6.07, 6.45) is 3.55. The van der Waals surface area contributed by atoms with E-state index in [1.54, 1.807) is 6.20 Å². The molecule has 3 heterocycles. The molecule has 118 valence electrons. The second kappa shape index (κ2) is 5.55. The van der Waals surface area contributed by atoms with Gasteiger partial charge in [-0.15, -0.1) is 0 Å². The third-order valence-electron chi connectivity index (χ3n) is 4.41. The summed E-state index contributed by atoms with van der Waals surface area (Å²) in [6.45, 7) is 2.08. The number of fused-ring (bicyclic) bond motifs is 1. The molecule has 6 heteroatoms. The number of H-pyrrole nitrogens is 1. The van der Waals surface area contributed by atoms with Crippen LogP contribution in [0.25, 0.3) is 11.0 Å². The first-order chi connectivity index (χ1) is 11.2. The quantitative estimate of drug-likeness (QED) is 0.788. The van der Waals surface area contributed by atoms with E-state index in [2.05, 4.69) is 21.9 Å². The van der Waals surface area contributed by atoms with Gasteiger partial charge in [0, 0.05) is 37.4 Å². The summed E-state index contributed by atoms with van der Waals surface area (Å²) in [5.41, 5.74) is 0.743. The highest BCUT2D eigenvalue weighted by Crippen LogP contribution is 2.24. The number of carbonyl (C=O) groups excluding carboxylic acids is 1. The fourth-order valence-electron chi connectivity index (χ4n) is 3.06. The van der Waals surface area contributed by atoms with E-state index in [0.29, 0.717) is 18.8 Å². The van der Waals surface area contributed by atoms with E-state index >= 15 is 0 Å². The number of nitrogens with one attached hydrogen (secondary N) is 1. The van der Waals surface area contributed by atoms with E-state index < -0.39 is 0 Å². The zero-order valence-electron chi connectivity index (χ0n) is 12.9. The van der Waals surface area contributed by atoms with Gasteiger partial charge in [-0.05, 0) is 19.2 Å². The van der Waals surface area contributed by atoms with Crippen LogP contribution in [0.1, 0.15) is 22.4 Å². The molecule has 23 heavy (non-hydrogen) atoms. The van der Waals surface area contributed by atoms with Crippen molar-refractivity contribution >= 4 is 16.9 Å². The lowest BCUT2D eigenvalue weighted by molar-refractivity contribution is 0.0508. The van der Waals surface area contributed by atoms with Crippen molar-refractivity contribution in [2.45, 2.75) is 6.04 Å². The van der Waals surface area contributed by atoms with Gasteiger partial charge in [-0.3, -0.25) is 9.69 Å². The standard InChI is InChI=1S/C17H18N4O2/c1-20-8-9-21(11-13(20)16-18-6-7-19-16)17(22)15-10-12-4-2-3-5-14(12)23-15/h2-7,10,13H,8-9,11H2,1H3,(H,18,19)/t13-/m1/s1. The molecular weight excluding hydrogens is 292 g/mol. The van der Waals surface area contributed by atoms with Crippen molar-refractivity contribution in [3.05, 3.63) is 54.3 Å². The Kier molecular flexibility index (Phi) is 3.38. The fourth-order valence-corrected chi connectivity index (χ4v) is 3.06. The average Bonchev–Trinajstić information content (AvgIpc) is 3.24. The topological polar surface area (TPSA) is 65.4 Å². The lowest BCUT2D eigenvalue weighted by atomic mass is 10.1. The summed E-state index contributed by atoms with van der Waals surface area (Å²) in [7, 11) is 2.05. The Balaban J connectivity index is 1.58. The van der Waals surface area contributed by atoms with Crippen LogP contribution in [0.5, 0.6) is 0 Å². The molecule has 1 aliphatic rings. The Morgan fingerprint density at radius 3 is 3.00 bits per heavy atom. The monoisotopic (exact) mass is 310 g/mol. The van der Waals surface area contributed by atoms with Gasteiger partial charge in [0.15, 0.2) is 5.76 Å². The minimum Gasteiger partial charge on any atom is -0.451 e. The Morgan fingerprint density at radius 1 is 1.35 bits per heavy atom. The number of piperazine rings is 1. The third-order valence-corrected chi connectivity index (χ3v) is 4.41. The zero-order chi connectivity index (χ0) is 15.8. The van der Waals surface area contributed by atoms with Gasteiger partial charge in [-0.25, -0.2) is 4.98 Å². The third kappa shape index (κ3) is 2.51. The largest absolute Gasteiger partial charge is 0.451 e. The molecule has 0 saturated carbocycles. The lowest BCUT2D eigenvalue weighted by Crippen LogP contribution is -2.49. The van der Waals surface area contributed by atoms with Gasteiger partial charge in [-0.2, -0.15) is 0 Å². The van der Waals surface area contributed by atoms with Crippen molar-refractivity contribution in [3.8, 4) is 0 Å². The van der Waals surface area contributed by atoms with Gasteiger partial charge < -0.3 is 14.3 Å². The van der Waals surface area contributed by atoms with E-state index in [1.807, 2.05) is 41.4 Å². The highest BCUT2D eigenvalue weighted by atomic mass is 16.3. The number of carbonyl (C=O) groups is 1. The molecule has 3 aromatic rings. The summed E-state index contributed by atoms with van der Waals surface area (Å²) in [4.78, 5) is 24.3. The van der Waals surface area contributed by atoms with Gasteiger partial charge in [0.1, 0.15) is 11.4 Å². The second-order valence-electron chi connectivity index (χ2n) is 5.87. The average molecular weight is 310 g/mol. The number of likely N-dealkylation sites (N-methyl/N-ethyl adjacent to an activating group) is 1. The van der Waals surface area contributed by atoms with Crippen LogP contribution in [-0.4, -0.2) is 52.4 Å². The fraction of sp³-hybridized carbons (Fsp3) is 0.294. The van der Waals surface area contributed by atoms with Gasteiger partial charge >= 0.3 is 0 Å². The van der Waals surface area contributed by atoms with Crippen LogP contribution in [0.4, 0.5) is 0 Å². The summed E-state index contributed by atoms with van der Waals surface area (Å²) >= 11 is 0. The zero-order valence-corrected chi connectivity index (χ0v) is 12.9. The lowest BCUT2D eigenvalue weighted by Gasteiger charge is -2.38. The first kappa shape index (κ1) is 14.0. The molecule has 0 bridgehead atoms. The molecule has 1 aromatic carbocycles. The van der Waals surface area contributed by atoms with Gasteiger partial charge in [-0.1, -0.05) is 18.2 Å². The molecule has 1 saturated heterocycles. The van der Waals surface area contributed by atoms with E-state index in [9.17, 15) is 4.79 Å². The van der Waals surface area contributed by atoms with Crippen LogP contribution in [-0.2, 0) is 0 Å². The molecule has 1 fully saturated rings. The SMILES string of the molecule is CN1CCN(C(=O)c2cc3ccccc3o2)C[C@@H]1c1ncc[nH]1. The predicted molar refractivity (Wildman–Crippen MR) is 86.1 cm³/mol. The molecule has 0 aliphatic carbocycles. The molecule has 2 aromatic heterocycles. The smallest absolute Gasteiger partial charge is 0.289 e. The van der Waals surface area contributed by atoms with E-state index in [1.165, 1.54) is 0 Å². The maximum atomic E-state index is 12.8. The minimum atomic E-state index is -0.0640. The molecule has 6 nitrogen and oxygen atoms in total. The molecular formula is C17H18N4O2. The van der Waals surface area contributed by atoms with Crippen LogP contribution in [0.2, 0.25) is 0 Å². The number of aromatic amines is 1. The van der Waals surface area contributed by atoms with Crippen LogP contribution >= 0.6 is 0 Å².